The van der Waals surface area contributed by atoms with Gasteiger partial charge >= 0.3 is 0 Å². The number of piperidine rings is 1. The fraction of sp³-hybridized carbons (Fsp3) is 0.565. The first-order valence-electron chi connectivity index (χ1n) is 11.4. The lowest BCUT2D eigenvalue weighted by Gasteiger charge is -2.32. The molecule has 2 fully saturated rings. The lowest BCUT2D eigenvalue weighted by Crippen LogP contribution is -2.43. The van der Waals surface area contributed by atoms with Crippen molar-refractivity contribution in [2.45, 2.75) is 44.2 Å². The molecule has 0 radical (unpaired) electrons. The second-order valence-corrected chi connectivity index (χ2v) is 10.8. The molecule has 0 aliphatic carbocycles. The molecule has 0 saturated carbocycles. The smallest absolute Gasteiger partial charge is 0.262 e. The van der Waals surface area contributed by atoms with E-state index in [2.05, 4.69) is 28.1 Å². The first-order valence-corrected chi connectivity index (χ1v) is 12.8. The van der Waals surface area contributed by atoms with E-state index in [0.29, 0.717) is 38.3 Å². The molecule has 2 aliphatic rings. The molecular weight excluding hydrogens is 426 g/mol. The number of para-hydroxylation sites is 1. The van der Waals surface area contributed by atoms with Crippen molar-refractivity contribution < 1.29 is 13.2 Å². The van der Waals surface area contributed by atoms with Crippen LogP contribution in [-0.4, -0.2) is 66.3 Å². The van der Waals surface area contributed by atoms with Gasteiger partial charge in [-0.1, -0.05) is 18.2 Å². The van der Waals surface area contributed by atoms with Crippen molar-refractivity contribution in [3.05, 3.63) is 41.9 Å². The van der Waals surface area contributed by atoms with Gasteiger partial charge in [-0.05, 0) is 44.2 Å². The average molecular weight is 460 g/mol. The van der Waals surface area contributed by atoms with E-state index in [9.17, 15) is 13.2 Å². The van der Waals surface area contributed by atoms with E-state index in [-0.39, 0.29) is 16.9 Å². The molecule has 0 N–H and O–H groups in total. The second kappa shape index (κ2) is 9.23. The minimum atomic E-state index is -3.63. The summed E-state index contributed by atoms with van der Waals surface area (Å²) in [5.74, 6) is 0.590. The summed E-state index contributed by atoms with van der Waals surface area (Å²) in [7, 11) is 0.00603. The molecule has 32 heavy (non-hydrogen) atoms. The van der Waals surface area contributed by atoms with Gasteiger partial charge in [-0.15, -0.1) is 0 Å². The third-order valence-corrected chi connectivity index (χ3v) is 8.49. The molecule has 1 amide bonds. The van der Waals surface area contributed by atoms with Gasteiger partial charge in [0.15, 0.2) is 5.03 Å². The minimum absolute atomic E-state index is 0.0814. The zero-order valence-electron chi connectivity index (χ0n) is 19.2. The molecule has 3 heterocycles. The van der Waals surface area contributed by atoms with E-state index in [4.69, 9.17) is 0 Å². The number of anilines is 1. The minimum Gasteiger partial charge on any atom is -0.371 e. The number of benzene rings is 1. The number of aryl methyl sites for hydroxylation is 2. The predicted octanol–water partition coefficient (Wildman–Crippen LogP) is 2.39. The van der Waals surface area contributed by atoms with E-state index < -0.39 is 10.0 Å². The van der Waals surface area contributed by atoms with E-state index in [1.165, 1.54) is 22.8 Å². The van der Waals surface area contributed by atoms with Crippen LogP contribution in [0, 0.1) is 12.8 Å². The maximum atomic E-state index is 13.1. The Kier molecular flexibility index (Phi) is 6.57. The van der Waals surface area contributed by atoms with Crippen LogP contribution >= 0.6 is 0 Å². The number of hydrogen-bond donors (Lipinski definition) is 0. The Labute approximate surface area is 190 Å². The van der Waals surface area contributed by atoms with Crippen LogP contribution in [0.2, 0.25) is 0 Å². The van der Waals surface area contributed by atoms with Gasteiger partial charge in [0, 0.05) is 64.6 Å². The van der Waals surface area contributed by atoms with Crippen LogP contribution in [0.3, 0.4) is 0 Å². The number of sulfonamides is 1. The van der Waals surface area contributed by atoms with Crippen LogP contribution < -0.4 is 4.90 Å². The SMILES string of the molecule is Cc1nc(S(=O)(=O)N2CCC(C(=O)N(C)Cc3ccccc3N3CCCC3)CC2)cn1C. The molecule has 174 valence electrons. The van der Waals surface area contributed by atoms with Gasteiger partial charge in [0.25, 0.3) is 10.0 Å². The normalized spacial score (nSPS) is 18.3. The summed E-state index contributed by atoms with van der Waals surface area (Å²) in [6.45, 7) is 5.16. The molecule has 0 spiro atoms. The standard InChI is InChI=1S/C23H33N5O3S/c1-18-24-22(17-25(18)2)32(30,31)28-14-10-19(11-15-28)23(29)26(3)16-20-8-4-5-9-21(20)27-12-6-7-13-27/h4-5,8-9,17,19H,6-7,10-16H2,1-3H3. The fourth-order valence-corrected chi connectivity index (χ4v) is 6.18. The van der Waals surface area contributed by atoms with Crippen molar-refractivity contribution in [3.8, 4) is 0 Å². The summed E-state index contributed by atoms with van der Waals surface area (Å²) >= 11 is 0. The van der Waals surface area contributed by atoms with Crippen molar-refractivity contribution >= 4 is 21.6 Å². The third kappa shape index (κ3) is 4.54. The highest BCUT2D eigenvalue weighted by atomic mass is 32.2. The van der Waals surface area contributed by atoms with Gasteiger partial charge in [0.05, 0.1) is 0 Å². The Hall–Kier alpha value is -2.39. The van der Waals surface area contributed by atoms with Crippen LogP contribution in [0.5, 0.6) is 0 Å². The summed E-state index contributed by atoms with van der Waals surface area (Å²) < 4.78 is 29.0. The Morgan fingerprint density at radius 2 is 1.78 bits per heavy atom. The number of aromatic nitrogens is 2. The Morgan fingerprint density at radius 3 is 2.41 bits per heavy atom. The average Bonchev–Trinajstić information content (AvgIpc) is 3.44. The number of nitrogens with zero attached hydrogens (tertiary/aromatic N) is 5. The number of carbonyl (C=O) groups excluding carboxylic acids is 1. The van der Waals surface area contributed by atoms with Crippen molar-refractivity contribution in [1.29, 1.82) is 0 Å². The Balaban J connectivity index is 1.37. The van der Waals surface area contributed by atoms with Crippen LogP contribution in [0.15, 0.2) is 35.5 Å². The van der Waals surface area contributed by atoms with Gasteiger partial charge in [-0.3, -0.25) is 4.79 Å². The molecule has 2 aromatic rings. The lowest BCUT2D eigenvalue weighted by atomic mass is 9.96. The third-order valence-electron chi connectivity index (χ3n) is 6.72. The molecular formula is C23H33N5O3S. The van der Waals surface area contributed by atoms with Crippen molar-refractivity contribution in [3.63, 3.8) is 0 Å². The van der Waals surface area contributed by atoms with Crippen LogP contribution in [0.4, 0.5) is 5.69 Å². The topological polar surface area (TPSA) is 78.8 Å². The first kappa shape index (κ1) is 22.8. The maximum absolute atomic E-state index is 13.1. The Bertz CT molecular complexity index is 1050. The van der Waals surface area contributed by atoms with Crippen molar-refractivity contribution in [1.82, 2.24) is 18.8 Å². The van der Waals surface area contributed by atoms with Gasteiger partial charge in [-0.2, -0.15) is 4.31 Å². The monoisotopic (exact) mass is 459 g/mol. The molecule has 1 aromatic carbocycles. The number of hydrogen-bond acceptors (Lipinski definition) is 5. The van der Waals surface area contributed by atoms with Gasteiger partial charge in [-0.25, -0.2) is 13.4 Å². The first-order chi connectivity index (χ1) is 15.3. The zero-order chi connectivity index (χ0) is 22.9. The fourth-order valence-electron chi connectivity index (χ4n) is 4.68. The summed E-state index contributed by atoms with van der Waals surface area (Å²) in [5.41, 5.74) is 2.38. The predicted molar refractivity (Wildman–Crippen MR) is 124 cm³/mol. The molecule has 9 heteroatoms. The number of carbonyl (C=O) groups is 1. The van der Waals surface area contributed by atoms with E-state index >= 15 is 0 Å². The molecule has 1 aromatic heterocycles. The maximum Gasteiger partial charge on any atom is 0.262 e. The number of amides is 1. The van der Waals surface area contributed by atoms with Gasteiger partial charge in [0.1, 0.15) is 5.82 Å². The van der Waals surface area contributed by atoms with Crippen LogP contribution in [0.1, 0.15) is 37.1 Å². The van der Waals surface area contributed by atoms with Crippen LogP contribution in [-0.2, 0) is 28.4 Å². The highest BCUT2D eigenvalue weighted by molar-refractivity contribution is 7.89. The molecule has 0 unspecified atom stereocenters. The molecule has 8 nitrogen and oxygen atoms in total. The van der Waals surface area contributed by atoms with E-state index in [0.717, 1.165) is 18.7 Å². The Morgan fingerprint density at radius 1 is 1.12 bits per heavy atom. The zero-order valence-corrected chi connectivity index (χ0v) is 20.0. The van der Waals surface area contributed by atoms with Crippen LogP contribution in [0.25, 0.3) is 0 Å². The molecule has 0 atom stereocenters. The highest BCUT2D eigenvalue weighted by Crippen LogP contribution is 2.28. The van der Waals surface area contributed by atoms with E-state index in [1.807, 2.05) is 13.1 Å². The number of imidazole rings is 1. The lowest BCUT2D eigenvalue weighted by molar-refractivity contribution is -0.135. The molecule has 2 aliphatic heterocycles. The summed E-state index contributed by atoms with van der Waals surface area (Å²) in [6.07, 6.45) is 5.03. The van der Waals surface area contributed by atoms with Gasteiger partial charge < -0.3 is 14.4 Å². The summed E-state index contributed by atoms with van der Waals surface area (Å²) in [5, 5.41) is 0.0814. The highest BCUT2D eigenvalue weighted by Gasteiger charge is 2.34. The summed E-state index contributed by atoms with van der Waals surface area (Å²) in [6, 6.07) is 8.32. The van der Waals surface area contributed by atoms with Crippen molar-refractivity contribution in [2.75, 3.05) is 38.1 Å². The molecule has 4 rings (SSSR count). The second-order valence-electron chi connectivity index (χ2n) is 8.93. The quantitative estimate of drug-likeness (QED) is 0.663. The van der Waals surface area contributed by atoms with E-state index in [1.54, 1.807) is 29.6 Å². The molecule has 2 saturated heterocycles. The summed E-state index contributed by atoms with van der Waals surface area (Å²) in [4.78, 5) is 21.5. The van der Waals surface area contributed by atoms with Crippen molar-refractivity contribution in [2.24, 2.45) is 13.0 Å². The molecule has 0 bridgehead atoms. The number of rotatable bonds is 6. The van der Waals surface area contributed by atoms with Gasteiger partial charge in [0.2, 0.25) is 5.91 Å². The largest absolute Gasteiger partial charge is 0.371 e.